The molecule has 0 unspecified atom stereocenters. The topological polar surface area (TPSA) is 36.9 Å². The fourth-order valence-electron chi connectivity index (χ4n) is 3.99. The van der Waals surface area contributed by atoms with Gasteiger partial charge >= 0.3 is 0 Å². The Labute approximate surface area is 225 Å². The van der Waals surface area contributed by atoms with Crippen molar-refractivity contribution in [1.82, 2.24) is 0 Å². The molecule has 0 aliphatic rings. The molecule has 0 saturated carbocycles. The molecule has 0 radical (unpaired) electrons. The zero-order valence-electron chi connectivity index (χ0n) is 23.4. The minimum Gasteiger partial charge on any atom is -0.490 e. The maximum Gasteiger partial charge on any atom is 0.161 e. The first-order valence-electron chi connectivity index (χ1n) is 14.5. The zero-order valence-corrected chi connectivity index (χ0v) is 26.2. The average molecular weight is 531 g/mol. The molecule has 0 saturated heterocycles. The first kappa shape index (κ1) is 30.3. The summed E-state index contributed by atoms with van der Waals surface area (Å²) in [6.07, 6.45) is 8.86. The molecule has 0 aromatic heterocycles. The van der Waals surface area contributed by atoms with E-state index < -0.39 is 19.0 Å². The molecule has 0 aliphatic heterocycles. The van der Waals surface area contributed by atoms with Gasteiger partial charge in [0.1, 0.15) is 0 Å². The van der Waals surface area contributed by atoms with E-state index in [-0.39, 0.29) is 0 Å². The van der Waals surface area contributed by atoms with Crippen LogP contribution >= 0.6 is 0 Å². The van der Waals surface area contributed by atoms with Crippen LogP contribution in [-0.2, 0) is 0 Å². The van der Waals surface area contributed by atoms with Gasteiger partial charge in [-0.25, -0.2) is 0 Å². The number of benzene rings is 2. The summed E-state index contributed by atoms with van der Waals surface area (Å²) in [6, 6.07) is 15.5. The molecule has 0 spiro atoms. The van der Waals surface area contributed by atoms with E-state index in [1.807, 2.05) is 0 Å². The first-order chi connectivity index (χ1) is 17.7. The standard InChI is InChI=1S/C30H50O4Si2/c1-5-9-19-31-25-15-13-17-27(29(25)33-21-11-7-3)35-23-24-36-28-18-14-16-26(32-20-10-6-2)30(28)34-22-12-8-4/h13-18H,5-12,19-24,35-36H2,1-4H3. The number of ether oxygens (including phenoxy) is 4. The van der Waals surface area contributed by atoms with E-state index in [0.29, 0.717) is 0 Å². The summed E-state index contributed by atoms with van der Waals surface area (Å²) in [5.41, 5.74) is 0. The molecule has 0 amide bonds. The first-order valence-corrected chi connectivity index (χ1v) is 17.9. The Bertz CT molecular complexity index is 774. The quantitative estimate of drug-likeness (QED) is 0.157. The predicted molar refractivity (Wildman–Crippen MR) is 160 cm³/mol. The number of hydrogen-bond acceptors (Lipinski definition) is 4. The van der Waals surface area contributed by atoms with Crippen LogP contribution in [0, 0.1) is 0 Å². The molecule has 4 nitrogen and oxygen atoms in total. The highest BCUT2D eigenvalue weighted by molar-refractivity contribution is 6.60. The van der Waals surface area contributed by atoms with Gasteiger partial charge in [0, 0.05) is 0 Å². The van der Waals surface area contributed by atoms with Gasteiger partial charge in [0.05, 0.1) is 45.5 Å². The van der Waals surface area contributed by atoms with Crippen LogP contribution in [0.1, 0.15) is 79.1 Å². The van der Waals surface area contributed by atoms with E-state index in [4.69, 9.17) is 18.9 Å². The number of hydrogen-bond donors (Lipinski definition) is 0. The molecule has 0 bridgehead atoms. The molecule has 0 fully saturated rings. The van der Waals surface area contributed by atoms with Crippen molar-refractivity contribution < 1.29 is 18.9 Å². The third-order valence-electron chi connectivity index (χ3n) is 6.26. The van der Waals surface area contributed by atoms with E-state index in [0.717, 1.165) is 101 Å². The van der Waals surface area contributed by atoms with Crippen LogP contribution in [0.25, 0.3) is 0 Å². The second kappa shape index (κ2) is 19.2. The third-order valence-corrected chi connectivity index (χ3v) is 11.2. The van der Waals surface area contributed by atoms with Gasteiger partial charge in [-0.05, 0) is 48.2 Å². The maximum atomic E-state index is 6.28. The smallest absolute Gasteiger partial charge is 0.161 e. The van der Waals surface area contributed by atoms with E-state index in [2.05, 4.69) is 64.1 Å². The van der Waals surface area contributed by atoms with Crippen molar-refractivity contribution in [3.05, 3.63) is 36.4 Å². The van der Waals surface area contributed by atoms with E-state index in [9.17, 15) is 0 Å². The zero-order chi connectivity index (χ0) is 25.8. The van der Waals surface area contributed by atoms with Crippen LogP contribution in [-0.4, -0.2) is 45.5 Å². The molecule has 0 aliphatic carbocycles. The Morgan fingerprint density at radius 1 is 0.500 bits per heavy atom. The molecule has 6 heteroatoms. The number of rotatable bonds is 21. The number of para-hydroxylation sites is 2. The van der Waals surface area contributed by atoms with Crippen molar-refractivity contribution in [1.29, 1.82) is 0 Å². The molecule has 36 heavy (non-hydrogen) atoms. The van der Waals surface area contributed by atoms with Gasteiger partial charge in [0.2, 0.25) is 0 Å². The Morgan fingerprint density at radius 3 is 1.22 bits per heavy atom. The van der Waals surface area contributed by atoms with E-state index >= 15 is 0 Å². The normalized spacial score (nSPS) is 11.6. The molecule has 2 rings (SSSR count). The van der Waals surface area contributed by atoms with Gasteiger partial charge in [-0.3, -0.25) is 0 Å². The average Bonchev–Trinajstić information content (AvgIpc) is 2.89. The lowest BCUT2D eigenvalue weighted by atomic mass is 10.3. The van der Waals surface area contributed by atoms with Crippen LogP contribution in [0.2, 0.25) is 12.1 Å². The van der Waals surface area contributed by atoms with Crippen LogP contribution < -0.4 is 29.3 Å². The maximum absolute atomic E-state index is 6.28. The second-order valence-corrected chi connectivity index (χ2v) is 13.4. The van der Waals surface area contributed by atoms with Gasteiger partial charge in [-0.2, -0.15) is 0 Å². The minimum absolute atomic E-state index is 0.441. The summed E-state index contributed by atoms with van der Waals surface area (Å²) in [5.74, 6) is 3.91. The van der Waals surface area contributed by atoms with Crippen LogP contribution in [0.15, 0.2) is 36.4 Å². The summed E-state index contributed by atoms with van der Waals surface area (Å²) in [7, 11) is -0.882. The van der Waals surface area contributed by atoms with E-state index in [1.165, 1.54) is 22.5 Å². The summed E-state index contributed by atoms with van der Waals surface area (Å²) in [5, 5.41) is 2.82. The van der Waals surface area contributed by atoms with Gasteiger partial charge in [0.25, 0.3) is 0 Å². The van der Waals surface area contributed by atoms with Crippen molar-refractivity contribution in [2.45, 2.75) is 91.1 Å². The summed E-state index contributed by atoms with van der Waals surface area (Å²) < 4.78 is 24.8. The lowest BCUT2D eigenvalue weighted by Gasteiger charge is -2.17. The van der Waals surface area contributed by atoms with Crippen LogP contribution in [0.5, 0.6) is 23.0 Å². The highest BCUT2D eigenvalue weighted by Gasteiger charge is 2.14. The molecule has 2 aromatic rings. The minimum atomic E-state index is -0.441. The van der Waals surface area contributed by atoms with Crippen molar-refractivity contribution in [2.24, 2.45) is 0 Å². The van der Waals surface area contributed by atoms with Gasteiger partial charge in [-0.1, -0.05) is 89.7 Å². The van der Waals surface area contributed by atoms with Crippen molar-refractivity contribution in [3.8, 4) is 23.0 Å². The Morgan fingerprint density at radius 2 is 0.861 bits per heavy atom. The van der Waals surface area contributed by atoms with Crippen LogP contribution in [0.4, 0.5) is 0 Å². The van der Waals surface area contributed by atoms with Crippen molar-refractivity contribution >= 4 is 29.4 Å². The third kappa shape index (κ3) is 11.0. The lowest BCUT2D eigenvalue weighted by molar-refractivity contribution is 0.263. The lowest BCUT2D eigenvalue weighted by Crippen LogP contribution is -2.22. The Kier molecular flexibility index (Phi) is 16.2. The van der Waals surface area contributed by atoms with Gasteiger partial charge in [-0.15, -0.1) is 0 Å². The predicted octanol–water partition coefficient (Wildman–Crippen LogP) is 5.53. The molecular formula is C30H50O4Si2. The van der Waals surface area contributed by atoms with Crippen molar-refractivity contribution in [2.75, 3.05) is 26.4 Å². The van der Waals surface area contributed by atoms with Crippen LogP contribution in [0.3, 0.4) is 0 Å². The second-order valence-electron chi connectivity index (χ2n) is 9.50. The van der Waals surface area contributed by atoms with Crippen molar-refractivity contribution in [3.63, 3.8) is 0 Å². The molecule has 0 N–H and O–H groups in total. The Balaban J connectivity index is 2.03. The fourth-order valence-corrected chi connectivity index (χ4v) is 8.37. The highest BCUT2D eigenvalue weighted by Crippen LogP contribution is 2.27. The SMILES string of the molecule is CCCCOc1cccc([SiH2]CC[SiH2]c2cccc(OCCCC)c2OCCCC)c1OCCCC. The summed E-state index contributed by atoms with van der Waals surface area (Å²) in [6.45, 7) is 11.9. The number of unbranched alkanes of at least 4 members (excludes halogenated alkanes) is 4. The molecule has 2 aromatic carbocycles. The molecule has 0 heterocycles. The van der Waals surface area contributed by atoms with Gasteiger partial charge in [0.15, 0.2) is 23.0 Å². The van der Waals surface area contributed by atoms with E-state index in [1.54, 1.807) is 0 Å². The molecule has 0 atom stereocenters. The summed E-state index contributed by atoms with van der Waals surface area (Å²) in [4.78, 5) is 0. The largest absolute Gasteiger partial charge is 0.490 e. The van der Waals surface area contributed by atoms with Gasteiger partial charge < -0.3 is 18.9 Å². The summed E-state index contributed by atoms with van der Waals surface area (Å²) >= 11 is 0. The monoisotopic (exact) mass is 530 g/mol. The highest BCUT2D eigenvalue weighted by atomic mass is 28.2. The molecular weight excluding hydrogens is 480 g/mol. The fraction of sp³-hybridized carbons (Fsp3) is 0.600. The molecule has 202 valence electrons. The Hall–Kier alpha value is -1.93.